The Balaban J connectivity index is 1.58. The standard InChI is InChI=1S/C19H15N3OS2/c1-12-9-13-5-2-3-6-15(13)22(12)18(23)16-11-25-19-20-14(10-21(16)19)17-7-4-8-24-17/h2-8,10-12H,9H2,1H3. The lowest BCUT2D eigenvalue weighted by Crippen LogP contribution is -2.36. The molecule has 4 heterocycles. The Kier molecular flexibility index (Phi) is 3.29. The van der Waals surface area contributed by atoms with E-state index in [0.717, 1.165) is 27.6 Å². The Hall–Kier alpha value is -2.44. The van der Waals surface area contributed by atoms with Gasteiger partial charge in [-0.25, -0.2) is 4.98 Å². The Bertz CT molecular complexity index is 1080. The fourth-order valence-electron chi connectivity index (χ4n) is 3.48. The first-order chi connectivity index (χ1) is 12.2. The predicted octanol–water partition coefficient (Wildman–Crippen LogP) is 4.72. The zero-order chi connectivity index (χ0) is 17.0. The molecule has 0 N–H and O–H groups in total. The van der Waals surface area contributed by atoms with Crippen molar-refractivity contribution in [1.82, 2.24) is 9.38 Å². The average Bonchev–Trinajstić information content (AvgIpc) is 3.35. The number of anilines is 1. The van der Waals surface area contributed by atoms with E-state index in [9.17, 15) is 4.79 Å². The highest BCUT2D eigenvalue weighted by Crippen LogP contribution is 2.34. The summed E-state index contributed by atoms with van der Waals surface area (Å²) in [5.41, 5.74) is 3.86. The summed E-state index contributed by atoms with van der Waals surface area (Å²) in [5.74, 6) is 0.0406. The van der Waals surface area contributed by atoms with E-state index in [1.54, 1.807) is 11.3 Å². The molecule has 1 aliphatic heterocycles. The summed E-state index contributed by atoms with van der Waals surface area (Å²) >= 11 is 3.17. The SMILES string of the molecule is CC1Cc2ccccc2N1C(=O)c1csc2nc(-c3cccs3)cn12. The summed E-state index contributed by atoms with van der Waals surface area (Å²) < 4.78 is 1.93. The largest absolute Gasteiger partial charge is 0.304 e. The number of fused-ring (bicyclic) bond motifs is 2. The fraction of sp³-hybridized carbons (Fsp3) is 0.158. The van der Waals surface area contributed by atoms with Crippen molar-refractivity contribution in [3.05, 3.63) is 64.6 Å². The van der Waals surface area contributed by atoms with Gasteiger partial charge in [0.2, 0.25) is 0 Å². The molecule has 25 heavy (non-hydrogen) atoms. The van der Waals surface area contributed by atoms with Crippen LogP contribution >= 0.6 is 22.7 Å². The second-order valence-electron chi connectivity index (χ2n) is 6.23. The Morgan fingerprint density at radius 1 is 1.20 bits per heavy atom. The lowest BCUT2D eigenvalue weighted by molar-refractivity contribution is 0.0976. The van der Waals surface area contributed by atoms with Crippen molar-refractivity contribution in [2.75, 3.05) is 4.90 Å². The van der Waals surface area contributed by atoms with E-state index in [1.807, 2.05) is 50.5 Å². The van der Waals surface area contributed by atoms with Crippen molar-refractivity contribution in [2.45, 2.75) is 19.4 Å². The van der Waals surface area contributed by atoms with Crippen LogP contribution in [0.15, 0.2) is 53.4 Å². The van der Waals surface area contributed by atoms with Crippen LogP contribution in [-0.2, 0) is 6.42 Å². The summed E-state index contributed by atoms with van der Waals surface area (Å²) in [4.78, 5) is 21.8. The van der Waals surface area contributed by atoms with Crippen molar-refractivity contribution < 1.29 is 4.79 Å². The molecule has 4 aromatic rings. The summed E-state index contributed by atoms with van der Waals surface area (Å²) in [6, 6.07) is 12.4. The van der Waals surface area contributed by atoms with Gasteiger partial charge in [0.05, 0.1) is 4.88 Å². The van der Waals surface area contributed by atoms with Crippen LogP contribution in [0.2, 0.25) is 0 Å². The third kappa shape index (κ3) is 2.25. The summed E-state index contributed by atoms with van der Waals surface area (Å²) in [7, 11) is 0. The predicted molar refractivity (Wildman–Crippen MR) is 103 cm³/mol. The number of aromatic nitrogens is 2. The molecule has 1 atom stereocenters. The van der Waals surface area contributed by atoms with E-state index in [1.165, 1.54) is 16.9 Å². The van der Waals surface area contributed by atoms with Gasteiger partial charge in [-0.3, -0.25) is 9.20 Å². The van der Waals surface area contributed by atoms with Crippen molar-refractivity contribution in [1.29, 1.82) is 0 Å². The molecular weight excluding hydrogens is 350 g/mol. The highest BCUT2D eigenvalue weighted by atomic mass is 32.1. The van der Waals surface area contributed by atoms with Crippen LogP contribution in [0, 0.1) is 0 Å². The van der Waals surface area contributed by atoms with Gasteiger partial charge in [-0.2, -0.15) is 0 Å². The fourth-order valence-corrected chi connectivity index (χ4v) is 5.01. The van der Waals surface area contributed by atoms with E-state index in [2.05, 4.69) is 24.0 Å². The first-order valence-electron chi connectivity index (χ1n) is 8.14. The maximum atomic E-state index is 13.3. The molecule has 0 bridgehead atoms. The van der Waals surface area contributed by atoms with Crippen molar-refractivity contribution in [3.63, 3.8) is 0 Å². The topological polar surface area (TPSA) is 37.6 Å². The molecule has 0 spiro atoms. The number of rotatable bonds is 2. The Morgan fingerprint density at radius 3 is 2.92 bits per heavy atom. The summed E-state index contributed by atoms with van der Waals surface area (Å²) in [6.07, 6.45) is 2.87. The first kappa shape index (κ1) is 14.9. The lowest BCUT2D eigenvalue weighted by Gasteiger charge is -2.22. The molecule has 0 saturated heterocycles. The third-order valence-corrected chi connectivity index (χ3v) is 6.36. The number of hydrogen-bond donors (Lipinski definition) is 0. The van der Waals surface area contributed by atoms with E-state index in [-0.39, 0.29) is 11.9 Å². The first-order valence-corrected chi connectivity index (χ1v) is 9.90. The quantitative estimate of drug-likeness (QED) is 0.516. The number of para-hydroxylation sites is 1. The average molecular weight is 365 g/mol. The second-order valence-corrected chi connectivity index (χ2v) is 8.02. The van der Waals surface area contributed by atoms with Gasteiger partial charge in [0.25, 0.3) is 5.91 Å². The number of hydrogen-bond acceptors (Lipinski definition) is 4. The molecule has 0 aliphatic carbocycles. The monoisotopic (exact) mass is 365 g/mol. The number of carbonyl (C=O) groups excluding carboxylic acids is 1. The molecule has 4 nitrogen and oxygen atoms in total. The molecule has 1 aliphatic rings. The van der Waals surface area contributed by atoms with Crippen LogP contribution in [-0.4, -0.2) is 21.3 Å². The van der Waals surface area contributed by atoms with Crippen LogP contribution in [0.25, 0.3) is 15.5 Å². The number of amides is 1. The Labute approximate surface area is 153 Å². The van der Waals surface area contributed by atoms with Gasteiger partial charge in [-0.1, -0.05) is 24.3 Å². The number of carbonyl (C=O) groups is 1. The minimum absolute atomic E-state index is 0.0406. The molecule has 1 unspecified atom stereocenters. The minimum atomic E-state index is 0.0406. The van der Waals surface area contributed by atoms with E-state index < -0.39 is 0 Å². The molecule has 5 rings (SSSR count). The minimum Gasteiger partial charge on any atom is -0.304 e. The van der Waals surface area contributed by atoms with E-state index in [0.29, 0.717) is 5.69 Å². The lowest BCUT2D eigenvalue weighted by atomic mass is 10.1. The molecule has 0 saturated carbocycles. The van der Waals surface area contributed by atoms with Gasteiger partial charge < -0.3 is 4.90 Å². The molecule has 124 valence electrons. The number of nitrogens with zero attached hydrogens (tertiary/aromatic N) is 3. The maximum Gasteiger partial charge on any atom is 0.276 e. The van der Waals surface area contributed by atoms with Gasteiger partial charge >= 0.3 is 0 Å². The molecule has 6 heteroatoms. The van der Waals surface area contributed by atoms with Crippen LogP contribution in [0.5, 0.6) is 0 Å². The number of thiazole rings is 1. The van der Waals surface area contributed by atoms with E-state index in [4.69, 9.17) is 0 Å². The third-order valence-electron chi connectivity index (χ3n) is 4.63. The number of thiophene rings is 1. The van der Waals surface area contributed by atoms with Crippen LogP contribution in [0.4, 0.5) is 5.69 Å². The zero-order valence-corrected chi connectivity index (χ0v) is 15.2. The van der Waals surface area contributed by atoms with Crippen LogP contribution in [0.3, 0.4) is 0 Å². The molecule has 3 aromatic heterocycles. The Morgan fingerprint density at radius 2 is 2.08 bits per heavy atom. The number of imidazole rings is 1. The van der Waals surface area contributed by atoms with Crippen molar-refractivity contribution in [2.24, 2.45) is 0 Å². The zero-order valence-electron chi connectivity index (χ0n) is 13.5. The smallest absolute Gasteiger partial charge is 0.276 e. The molecule has 1 aromatic carbocycles. The molecule has 0 radical (unpaired) electrons. The maximum absolute atomic E-state index is 13.3. The van der Waals surface area contributed by atoms with Crippen molar-refractivity contribution in [3.8, 4) is 10.6 Å². The highest BCUT2D eigenvalue weighted by molar-refractivity contribution is 7.15. The van der Waals surface area contributed by atoms with Gasteiger partial charge in [0.15, 0.2) is 4.96 Å². The van der Waals surface area contributed by atoms with Gasteiger partial charge in [-0.15, -0.1) is 22.7 Å². The van der Waals surface area contributed by atoms with Gasteiger partial charge in [0.1, 0.15) is 11.4 Å². The summed E-state index contributed by atoms with van der Waals surface area (Å²) in [6.45, 7) is 2.10. The summed E-state index contributed by atoms with van der Waals surface area (Å²) in [5, 5.41) is 3.95. The van der Waals surface area contributed by atoms with Crippen LogP contribution in [0.1, 0.15) is 23.0 Å². The molecular formula is C19H15N3OS2. The van der Waals surface area contributed by atoms with Gasteiger partial charge in [0, 0.05) is 23.3 Å². The van der Waals surface area contributed by atoms with Gasteiger partial charge in [-0.05, 0) is 36.4 Å². The molecule has 0 fully saturated rings. The number of benzene rings is 1. The van der Waals surface area contributed by atoms with E-state index >= 15 is 0 Å². The van der Waals surface area contributed by atoms with Crippen LogP contribution < -0.4 is 4.90 Å². The molecule has 1 amide bonds. The normalized spacial score (nSPS) is 16.5. The second kappa shape index (κ2) is 5.54. The van der Waals surface area contributed by atoms with Crippen molar-refractivity contribution >= 4 is 39.2 Å². The highest BCUT2D eigenvalue weighted by Gasteiger charge is 2.32.